The fourth-order valence-electron chi connectivity index (χ4n) is 1.73. The standard InChI is InChI=1S/C10H14BrN3/c1-10(3-5-13-7-10)14-9-2-4-12-6-8(9)11/h2,4,6,13H,3,5,7H2,1H3,(H,12,14). The molecule has 0 aromatic carbocycles. The Kier molecular flexibility index (Phi) is 2.74. The topological polar surface area (TPSA) is 37.0 Å². The summed E-state index contributed by atoms with van der Waals surface area (Å²) >= 11 is 3.48. The van der Waals surface area contributed by atoms with Gasteiger partial charge in [-0.25, -0.2) is 0 Å². The predicted molar refractivity (Wildman–Crippen MR) is 61.5 cm³/mol. The van der Waals surface area contributed by atoms with E-state index in [1.165, 1.54) is 0 Å². The van der Waals surface area contributed by atoms with Crippen LogP contribution in [-0.2, 0) is 0 Å². The second-order valence-corrected chi connectivity index (χ2v) is 4.82. The Morgan fingerprint density at radius 2 is 2.50 bits per heavy atom. The molecule has 76 valence electrons. The lowest BCUT2D eigenvalue weighted by Crippen LogP contribution is -2.36. The lowest BCUT2D eigenvalue weighted by atomic mass is 10.0. The first-order chi connectivity index (χ1) is 6.70. The summed E-state index contributed by atoms with van der Waals surface area (Å²) in [4.78, 5) is 4.04. The average Bonchev–Trinajstić information content (AvgIpc) is 2.57. The van der Waals surface area contributed by atoms with Crippen LogP contribution in [0, 0.1) is 0 Å². The van der Waals surface area contributed by atoms with E-state index >= 15 is 0 Å². The van der Waals surface area contributed by atoms with Crippen LogP contribution >= 0.6 is 15.9 Å². The SMILES string of the molecule is CC1(Nc2ccncc2Br)CCNC1. The molecule has 1 aromatic heterocycles. The first-order valence-corrected chi connectivity index (χ1v) is 5.57. The monoisotopic (exact) mass is 255 g/mol. The molecule has 1 unspecified atom stereocenters. The number of hydrogen-bond donors (Lipinski definition) is 2. The molecule has 1 saturated heterocycles. The molecular weight excluding hydrogens is 242 g/mol. The van der Waals surface area contributed by atoms with Gasteiger partial charge >= 0.3 is 0 Å². The summed E-state index contributed by atoms with van der Waals surface area (Å²) < 4.78 is 1.02. The van der Waals surface area contributed by atoms with Gasteiger partial charge in [-0.15, -0.1) is 0 Å². The summed E-state index contributed by atoms with van der Waals surface area (Å²) in [7, 11) is 0. The molecule has 1 fully saturated rings. The van der Waals surface area contributed by atoms with Crippen LogP contribution in [0.4, 0.5) is 5.69 Å². The third-order valence-electron chi connectivity index (χ3n) is 2.58. The summed E-state index contributed by atoms with van der Waals surface area (Å²) in [6, 6.07) is 1.99. The minimum absolute atomic E-state index is 0.171. The molecule has 0 spiro atoms. The van der Waals surface area contributed by atoms with Crippen molar-refractivity contribution in [2.45, 2.75) is 18.9 Å². The van der Waals surface area contributed by atoms with Crippen molar-refractivity contribution in [2.75, 3.05) is 18.4 Å². The van der Waals surface area contributed by atoms with E-state index in [4.69, 9.17) is 0 Å². The van der Waals surface area contributed by atoms with E-state index in [9.17, 15) is 0 Å². The van der Waals surface area contributed by atoms with Crippen molar-refractivity contribution < 1.29 is 0 Å². The lowest BCUT2D eigenvalue weighted by molar-refractivity contribution is 0.566. The number of anilines is 1. The third kappa shape index (κ3) is 2.07. The molecule has 3 nitrogen and oxygen atoms in total. The summed E-state index contributed by atoms with van der Waals surface area (Å²) in [6.07, 6.45) is 4.77. The molecule has 0 bridgehead atoms. The van der Waals surface area contributed by atoms with Crippen LogP contribution in [0.5, 0.6) is 0 Å². The molecule has 0 aliphatic carbocycles. The van der Waals surface area contributed by atoms with Crippen LogP contribution in [0.15, 0.2) is 22.9 Å². The van der Waals surface area contributed by atoms with E-state index in [2.05, 4.69) is 38.5 Å². The fraction of sp³-hybridized carbons (Fsp3) is 0.500. The van der Waals surface area contributed by atoms with E-state index in [0.29, 0.717) is 0 Å². The van der Waals surface area contributed by atoms with E-state index < -0.39 is 0 Å². The van der Waals surface area contributed by atoms with Crippen molar-refractivity contribution in [3.8, 4) is 0 Å². The molecule has 1 aliphatic heterocycles. The molecule has 1 atom stereocenters. The Bertz CT molecular complexity index is 321. The summed E-state index contributed by atoms with van der Waals surface area (Å²) in [6.45, 7) is 4.34. The minimum atomic E-state index is 0.171. The Morgan fingerprint density at radius 3 is 3.14 bits per heavy atom. The molecule has 1 aromatic rings. The Hall–Kier alpha value is -0.610. The van der Waals surface area contributed by atoms with Gasteiger partial charge < -0.3 is 10.6 Å². The molecule has 0 radical (unpaired) electrons. The molecule has 14 heavy (non-hydrogen) atoms. The smallest absolute Gasteiger partial charge is 0.0590 e. The molecular formula is C10H14BrN3. The number of nitrogens with one attached hydrogen (secondary N) is 2. The highest BCUT2D eigenvalue weighted by atomic mass is 79.9. The first-order valence-electron chi connectivity index (χ1n) is 4.78. The van der Waals surface area contributed by atoms with Crippen LogP contribution in [0.3, 0.4) is 0 Å². The van der Waals surface area contributed by atoms with Crippen molar-refractivity contribution in [1.82, 2.24) is 10.3 Å². The Balaban J connectivity index is 2.14. The van der Waals surface area contributed by atoms with Crippen molar-refractivity contribution in [2.24, 2.45) is 0 Å². The maximum absolute atomic E-state index is 4.04. The average molecular weight is 256 g/mol. The molecule has 0 saturated carbocycles. The number of hydrogen-bond acceptors (Lipinski definition) is 3. The molecule has 1 aliphatic rings. The fourth-order valence-corrected chi connectivity index (χ4v) is 2.07. The Morgan fingerprint density at radius 1 is 1.64 bits per heavy atom. The van der Waals surface area contributed by atoms with Gasteiger partial charge in [0.15, 0.2) is 0 Å². The van der Waals surface area contributed by atoms with Crippen molar-refractivity contribution in [1.29, 1.82) is 0 Å². The second-order valence-electron chi connectivity index (χ2n) is 3.97. The van der Waals surface area contributed by atoms with Crippen LogP contribution in [-0.4, -0.2) is 23.6 Å². The maximum Gasteiger partial charge on any atom is 0.0590 e. The zero-order chi connectivity index (χ0) is 10.0. The van der Waals surface area contributed by atoms with E-state index in [1.807, 2.05) is 12.3 Å². The first kappa shape index (κ1) is 9.93. The van der Waals surface area contributed by atoms with Gasteiger partial charge in [0, 0.05) is 24.5 Å². The zero-order valence-corrected chi connectivity index (χ0v) is 9.76. The summed E-state index contributed by atoms with van der Waals surface area (Å²) in [5.74, 6) is 0. The maximum atomic E-state index is 4.04. The van der Waals surface area contributed by atoms with Crippen LogP contribution in [0.25, 0.3) is 0 Å². The number of pyridine rings is 1. The van der Waals surface area contributed by atoms with Crippen LogP contribution < -0.4 is 10.6 Å². The summed E-state index contributed by atoms with van der Waals surface area (Å²) in [5.41, 5.74) is 1.29. The molecule has 2 heterocycles. The highest BCUT2D eigenvalue weighted by Gasteiger charge is 2.28. The van der Waals surface area contributed by atoms with E-state index in [-0.39, 0.29) is 5.54 Å². The van der Waals surface area contributed by atoms with Gasteiger partial charge in [0.2, 0.25) is 0 Å². The third-order valence-corrected chi connectivity index (χ3v) is 3.21. The van der Waals surface area contributed by atoms with Gasteiger partial charge in [-0.2, -0.15) is 0 Å². The number of halogens is 1. The quantitative estimate of drug-likeness (QED) is 0.849. The minimum Gasteiger partial charge on any atom is -0.378 e. The van der Waals surface area contributed by atoms with E-state index in [1.54, 1.807) is 6.20 Å². The van der Waals surface area contributed by atoms with E-state index in [0.717, 1.165) is 29.7 Å². The molecule has 2 rings (SSSR count). The van der Waals surface area contributed by atoms with Crippen molar-refractivity contribution in [3.05, 3.63) is 22.9 Å². The highest BCUT2D eigenvalue weighted by molar-refractivity contribution is 9.10. The number of rotatable bonds is 2. The normalized spacial score (nSPS) is 26.4. The summed E-state index contributed by atoms with van der Waals surface area (Å²) in [5, 5.41) is 6.90. The number of nitrogens with zero attached hydrogens (tertiary/aromatic N) is 1. The predicted octanol–water partition coefficient (Wildman–Crippen LogP) is 2.01. The molecule has 2 N–H and O–H groups in total. The lowest BCUT2D eigenvalue weighted by Gasteiger charge is -2.26. The second kappa shape index (κ2) is 3.87. The molecule has 0 amide bonds. The van der Waals surface area contributed by atoms with Gasteiger partial charge in [0.1, 0.15) is 0 Å². The Labute approximate surface area is 92.4 Å². The van der Waals surface area contributed by atoms with Crippen molar-refractivity contribution >= 4 is 21.6 Å². The van der Waals surface area contributed by atoms with Crippen LogP contribution in [0.2, 0.25) is 0 Å². The van der Waals surface area contributed by atoms with Crippen molar-refractivity contribution in [3.63, 3.8) is 0 Å². The van der Waals surface area contributed by atoms with Gasteiger partial charge in [0.05, 0.1) is 10.2 Å². The van der Waals surface area contributed by atoms with Crippen LogP contribution in [0.1, 0.15) is 13.3 Å². The largest absolute Gasteiger partial charge is 0.378 e. The number of aromatic nitrogens is 1. The highest BCUT2D eigenvalue weighted by Crippen LogP contribution is 2.26. The zero-order valence-electron chi connectivity index (χ0n) is 8.18. The molecule has 4 heteroatoms. The van der Waals surface area contributed by atoms with Gasteiger partial charge in [-0.1, -0.05) is 0 Å². The van der Waals surface area contributed by atoms with Gasteiger partial charge in [-0.05, 0) is 41.9 Å². The van der Waals surface area contributed by atoms with Gasteiger partial charge in [-0.3, -0.25) is 4.98 Å². The van der Waals surface area contributed by atoms with Gasteiger partial charge in [0.25, 0.3) is 0 Å².